The van der Waals surface area contributed by atoms with Crippen molar-refractivity contribution in [2.75, 3.05) is 5.32 Å². The molecular weight excluding hydrogens is 214 g/mol. The van der Waals surface area contributed by atoms with Crippen LogP contribution in [0.4, 0.5) is 5.82 Å². The van der Waals surface area contributed by atoms with Crippen molar-refractivity contribution in [2.45, 2.75) is 33.4 Å². The van der Waals surface area contributed by atoms with Gasteiger partial charge in [-0.3, -0.25) is 4.98 Å². The lowest BCUT2D eigenvalue weighted by Crippen LogP contribution is -2.22. The Hall–Kier alpha value is -1.91. The van der Waals surface area contributed by atoms with Gasteiger partial charge < -0.3 is 9.88 Å². The van der Waals surface area contributed by atoms with Crippen molar-refractivity contribution in [3.8, 4) is 0 Å². The first-order valence-corrected chi connectivity index (χ1v) is 5.67. The van der Waals surface area contributed by atoms with Crippen molar-refractivity contribution >= 4 is 5.82 Å². The molecule has 0 aliphatic heterocycles. The van der Waals surface area contributed by atoms with Gasteiger partial charge in [0.15, 0.2) is 0 Å². The topological polar surface area (TPSA) is 55.6 Å². The number of rotatable bonds is 4. The number of nitrogens with zero attached hydrogens (tertiary/aromatic N) is 4. The van der Waals surface area contributed by atoms with Crippen molar-refractivity contribution in [1.29, 1.82) is 0 Å². The van der Waals surface area contributed by atoms with E-state index in [9.17, 15) is 0 Å². The molecule has 90 valence electrons. The molecule has 0 bridgehead atoms. The van der Waals surface area contributed by atoms with E-state index in [0.717, 1.165) is 23.8 Å². The normalized spacial score (nSPS) is 12.4. The highest BCUT2D eigenvalue weighted by Crippen LogP contribution is 2.07. The fraction of sp³-hybridized carbons (Fsp3) is 0.417. The van der Waals surface area contributed by atoms with Crippen LogP contribution >= 0.6 is 0 Å². The Kier molecular flexibility index (Phi) is 3.37. The highest BCUT2D eigenvalue weighted by atomic mass is 15.1. The van der Waals surface area contributed by atoms with Gasteiger partial charge in [0.05, 0.1) is 23.9 Å². The van der Waals surface area contributed by atoms with Crippen molar-refractivity contribution in [2.24, 2.45) is 0 Å². The number of imidazole rings is 1. The molecule has 17 heavy (non-hydrogen) atoms. The second-order valence-electron chi connectivity index (χ2n) is 4.23. The van der Waals surface area contributed by atoms with Crippen LogP contribution in [0.25, 0.3) is 0 Å². The quantitative estimate of drug-likeness (QED) is 0.871. The number of hydrogen-bond donors (Lipinski definition) is 1. The summed E-state index contributed by atoms with van der Waals surface area (Å²) in [6.07, 6.45) is 7.31. The molecular formula is C12H17N5. The molecule has 2 aromatic rings. The average Bonchev–Trinajstić information content (AvgIpc) is 2.76. The Bertz CT molecular complexity index is 478. The fourth-order valence-corrected chi connectivity index (χ4v) is 1.62. The maximum absolute atomic E-state index is 4.44. The van der Waals surface area contributed by atoms with Gasteiger partial charge in [-0.15, -0.1) is 0 Å². The monoisotopic (exact) mass is 231 g/mol. The predicted molar refractivity (Wildman–Crippen MR) is 66.8 cm³/mol. The van der Waals surface area contributed by atoms with E-state index in [-0.39, 0.29) is 6.04 Å². The Labute approximate surface area is 101 Å². The Morgan fingerprint density at radius 1 is 1.35 bits per heavy atom. The maximum Gasteiger partial charge on any atom is 0.145 e. The fourth-order valence-electron chi connectivity index (χ4n) is 1.62. The minimum absolute atomic E-state index is 0.278. The zero-order valence-electron chi connectivity index (χ0n) is 10.4. The lowest BCUT2D eigenvalue weighted by atomic mass is 10.3. The van der Waals surface area contributed by atoms with Crippen LogP contribution in [0.15, 0.2) is 24.9 Å². The third kappa shape index (κ3) is 3.03. The van der Waals surface area contributed by atoms with E-state index < -0.39 is 0 Å². The largest absolute Gasteiger partial charge is 0.365 e. The molecule has 2 rings (SSSR count). The van der Waals surface area contributed by atoms with Crippen LogP contribution in [-0.4, -0.2) is 25.6 Å². The molecule has 0 aliphatic rings. The van der Waals surface area contributed by atoms with Crippen LogP contribution in [0.3, 0.4) is 0 Å². The van der Waals surface area contributed by atoms with Gasteiger partial charge in [-0.2, -0.15) is 0 Å². The number of aryl methyl sites for hydroxylation is 2. The van der Waals surface area contributed by atoms with Crippen LogP contribution < -0.4 is 5.32 Å². The van der Waals surface area contributed by atoms with Crippen LogP contribution in [0, 0.1) is 13.8 Å². The molecule has 0 radical (unpaired) electrons. The molecule has 1 unspecified atom stereocenters. The third-order valence-corrected chi connectivity index (χ3v) is 2.63. The van der Waals surface area contributed by atoms with Crippen LogP contribution in [0.5, 0.6) is 0 Å². The molecule has 0 amide bonds. The number of hydrogen-bond acceptors (Lipinski definition) is 4. The van der Waals surface area contributed by atoms with Gasteiger partial charge in [0.25, 0.3) is 0 Å². The second kappa shape index (κ2) is 4.95. The van der Waals surface area contributed by atoms with Crippen molar-refractivity contribution in [3.05, 3.63) is 36.3 Å². The van der Waals surface area contributed by atoms with Crippen molar-refractivity contribution in [3.63, 3.8) is 0 Å². The van der Waals surface area contributed by atoms with Crippen LogP contribution in [0.2, 0.25) is 0 Å². The van der Waals surface area contributed by atoms with E-state index in [1.54, 1.807) is 12.4 Å². The SMILES string of the molecule is Cc1ncc(NC(C)Cn2ccnc2)nc1C. The summed E-state index contributed by atoms with van der Waals surface area (Å²) in [7, 11) is 0. The molecule has 1 N–H and O–H groups in total. The zero-order chi connectivity index (χ0) is 12.3. The summed E-state index contributed by atoms with van der Waals surface area (Å²) in [6, 6.07) is 0.278. The Balaban J connectivity index is 1.98. The molecule has 1 atom stereocenters. The highest BCUT2D eigenvalue weighted by molar-refractivity contribution is 5.34. The molecule has 2 aromatic heterocycles. The van der Waals surface area contributed by atoms with Gasteiger partial charge in [0.2, 0.25) is 0 Å². The molecule has 5 heteroatoms. The van der Waals surface area contributed by atoms with Gasteiger partial charge in [-0.05, 0) is 20.8 Å². The van der Waals surface area contributed by atoms with E-state index in [4.69, 9.17) is 0 Å². The first kappa shape index (κ1) is 11.6. The molecule has 5 nitrogen and oxygen atoms in total. The molecule has 0 aromatic carbocycles. The first-order valence-electron chi connectivity index (χ1n) is 5.67. The van der Waals surface area contributed by atoms with Gasteiger partial charge in [0.1, 0.15) is 5.82 Å². The molecule has 0 aliphatic carbocycles. The maximum atomic E-state index is 4.44. The smallest absolute Gasteiger partial charge is 0.145 e. The van der Waals surface area contributed by atoms with E-state index >= 15 is 0 Å². The van der Waals surface area contributed by atoms with Crippen molar-refractivity contribution < 1.29 is 0 Å². The van der Waals surface area contributed by atoms with Gasteiger partial charge in [-0.1, -0.05) is 0 Å². The third-order valence-electron chi connectivity index (χ3n) is 2.63. The molecule has 0 spiro atoms. The Morgan fingerprint density at radius 3 is 2.82 bits per heavy atom. The summed E-state index contributed by atoms with van der Waals surface area (Å²) in [5.41, 5.74) is 1.93. The van der Waals surface area contributed by atoms with Crippen LogP contribution in [-0.2, 0) is 6.54 Å². The zero-order valence-corrected chi connectivity index (χ0v) is 10.4. The lowest BCUT2D eigenvalue weighted by Gasteiger charge is -2.15. The summed E-state index contributed by atoms with van der Waals surface area (Å²) in [5.74, 6) is 0.820. The summed E-state index contributed by atoms with van der Waals surface area (Å²) in [5, 5.41) is 3.33. The van der Waals surface area contributed by atoms with E-state index in [1.807, 2.05) is 30.9 Å². The number of nitrogens with one attached hydrogen (secondary N) is 1. The second-order valence-corrected chi connectivity index (χ2v) is 4.23. The minimum Gasteiger partial charge on any atom is -0.365 e. The standard InChI is InChI=1S/C12H17N5/c1-9(7-17-5-4-13-8-17)15-12-6-14-10(2)11(3)16-12/h4-6,8-9H,7H2,1-3H3,(H,15,16). The number of aromatic nitrogens is 4. The van der Waals surface area contributed by atoms with Gasteiger partial charge in [-0.25, -0.2) is 9.97 Å². The molecule has 0 saturated heterocycles. The van der Waals surface area contributed by atoms with E-state index in [0.29, 0.717) is 0 Å². The first-order chi connectivity index (χ1) is 8.15. The highest BCUT2D eigenvalue weighted by Gasteiger charge is 2.05. The number of anilines is 1. The van der Waals surface area contributed by atoms with E-state index in [2.05, 4.69) is 27.2 Å². The van der Waals surface area contributed by atoms with Crippen molar-refractivity contribution in [1.82, 2.24) is 19.5 Å². The summed E-state index contributed by atoms with van der Waals surface area (Å²) in [4.78, 5) is 12.7. The van der Waals surface area contributed by atoms with E-state index in [1.165, 1.54) is 0 Å². The average molecular weight is 231 g/mol. The van der Waals surface area contributed by atoms with Gasteiger partial charge in [0, 0.05) is 25.0 Å². The summed E-state index contributed by atoms with van der Waals surface area (Å²) in [6.45, 7) is 6.89. The predicted octanol–water partition coefficient (Wildman–Crippen LogP) is 1.79. The molecule has 0 saturated carbocycles. The summed E-state index contributed by atoms with van der Waals surface area (Å²) >= 11 is 0. The minimum atomic E-state index is 0.278. The summed E-state index contributed by atoms with van der Waals surface area (Å²) < 4.78 is 2.03. The lowest BCUT2D eigenvalue weighted by molar-refractivity contribution is 0.616. The van der Waals surface area contributed by atoms with Crippen LogP contribution in [0.1, 0.15) is 18.3 Å². The van der Waals surface area contributed by atoms with Gasteiger partial charge >= 0.3 is 0 Å². The molecule has 0 fully saturated rings. The Morgan fingerprint density at radius 2 is 2.18 bits per heavy atom. The molecule has 2 heterocycles.